The second-order valence-electron chi connectivity index (χ2n) is 8.37. The van der Waals surface area contributed by atoms with Crippen molar-refractivity contribution in [2.24, 2.45) is 7.05 Å². The van der Waals surface area contributed by atoms with Gasteiger partial charge in [-0.15, -0.1) is 0 Å². The summed E-state index contributed by atoms with van der Waals surface area (Å²) < 4.78 is 24.6. The summed E-state index contributed by atoms with van der Waals surface area (Å²) in [4.78, 5) is 11.8. The van der Waals surface area contributed by atoms with Gasteiger partial charge in [0.1, 0.15) is 18.1 Å². The summed E-state index contributed by atoms with van der Waals surface area (Å²) in [5.41, 5.74) is 4.44. The van der Waals surface area contributed by atoms with Crippen LogP contribution in [0.25, 0.3) is 22.5 Å². The van der Waals surface area contributed by atoms with Crippen LogP contribution in [0, 0.1) is 13.8 Å². The van der Waals surface area contributed by atoms with Gasteiger partial charge in [0.15, 0.2) is 17.1 Å². The maximum Gasteiger partial charge on any atom is 0.226 e. The fraction of sp³-hybridized carbons (Fsp3) is 0.423. The molecule has 0 atom stereocenters. The molecular weight excluding hydrogens is 446 g/mol. The predicted molar refractivity (Wildman–Crippen MR) is 134 cm³/mol. The molecule has 0 aliphatic carbocycles. The fourth-order valence-electron chi connectivity index (χ4n) is 4.19. The number of pyridine rings is 1. The standard InChI is InChI=1S/C26H33N5O4/c1-8-31(9-2)14-19-13-23(28-25-24(19)16(3)29-30(25)5)34-15-20-17(4)35-26(27-20)18-10-11-21(32-6)22(12-18)33-7/h10-13H,8-9,14-15H2,1-7H3. The lowest BCUT2D eigenvalue weighted by atomic mass is 10.1. The van der Waals surface area contributed by atoms with E-state index < -0.39 is 0 Å². The average molecular weight is 480 g/mol. The smallest absolute Gasteiger partial charge is 0.226 e. The van der Waals surface area contributed by atoms with E-state index in [9.17, 15) is 0 Å². The van der Waals surface area contributed by atoms with Crippen LogP contribution in [0.15, 0.2) is 28.7 Å². The Kier molecular flexibility index (Phi) is 7.25. The number of hydrogen-bond donors (Lipinski definition) is 0. The van der Waals surface area contributed by atoms with E-state index in [1.807, 2.05) is 45.2 Å². The van der Waals surface area contributed by atoms with Crippen LogP contribution in [0.1, 0.15) is 36.6 Å². The first-order chi connectivity index (χ1) is 16.9. The molecule has 0 aliphatic rings. The van der Waals surface area contributed by atoms with Gasteiger partial charge in [0.05, 0.1) is 19.9 Å². The Morgan fingerprint density at radius 2 is 1.74 bits per heavy atom. The number of ether oxygens (including phenoxy) is 3. The molecule has 4 rings (SSSR count). The number of fused-ring (bicyclic) bond motifs is 1. The summed E-state index contributed by atoms with van der Waals surface area (Å²) in [5, 5.41) is 5.66. The Morgan fingerprint density at radius 3 is 2.43 bits per heavy atom. The van der Waals surface area contributed by atoms with Gasteiger partial charge in [-0.1, -0.05) is 13.8 Å². The highest BCUT2D eigenvalue weighted by molar-refractivity contribution is 5.82. The first-order valence-electron chi connectivity index (χ1n) is 11.8. The van der Waals surface area contributed by atoms with Crippen molar-refractivity contribution in [3.8, 4) is 28.8 Å². The number of nitrogens with zero attached hydrogens (tertiary/aromatic N) is 5. The second kappa shape index (κ2) is 10.4. The van der Waals surface area contributed by atoms with Crippen LogP contribution in [0.4, 0.5) is 0 Å². The lowest BCUT2D eigenvalue weighted by Crippen LogP contribution is -2.22. The van der Waals surface area contributed by atoms with Crippen molar-refractivity contribution >= 4 is 11.0 Å². The molecule has 3 aromatic heterocycles. The first-order valence-corrected chi connectivity index (χ1v) is 11.8. The van der Waals surface area contributed by atoms with E-state index in [0.717, 1.165) is 47.5 Å². The highest BCUT2D eigenvalue weighted by Crippen LogP contribution is 2.33. The number of aromatic nitrogens is 4. The summed E-state index contributed by atoms with van der Waals surface area (Å²) in [5.74, 6) is 2.99. The van der Waals surface area contributed by atoms with E-state index >= 15 is 0 Å². The van der Waals surface area contributed by atoms with Crippen molar-refractivity contribution in [2.75, 3.05) is 27.3 Å². The number of hydrogen-bond acceptors (Lipinski definition) is 8. The molecule has 186 valence electrons. The second-order valence-corrected chi connectivity index (χ2v) is 8.37. The van der Waals surface area contributed by atoms with E-state index in [1.54, 1.807) is 18.9 Å². The van der Waals surface area contributed by atoms with Crippen molar-refractivity contribution in [1.82, 2.24) is 24.6 Å². The number of aryl methyl sites for hydroxylation is 3. The molecule has 0 N–H and O–H groups in total. The summed E-state index contributed by atoms with van der Waals surface area (Å²) in [6, 6.07) is 7.57. The molecule has 3 heterocycles. The van der Waals surface area contributed by atoms with Gasteiger partial charge in [-0.2, -0.15) is 10.1 Å². The van der Waals surface area contributed by atoms with Crippen molar-refractivity contribution in [1.29, 1.82) is 0 Å². The number of rotatable bonds is 10. The molecule has 4 aromatic rings. The molecule has 0 amide bonds. The minimum Gasteiger partial charge on any atom is -0.493 e. The lowest BCUT2D eigenvalue weighted by molar-refractivity contribution is 0.282. The average Bonchev–Trinajstić information content (AvgIpc) is 3.38. The topological polar surface area (TPSA) is 87.7 Å². The molecule has 0 bridgehead atoms. The van der Waals surface area contributed by atoms with E-state index in [4.69, 9.17) is 23.6 Å². The van der Waals surface area contributed by atoms with Gasteiger partial charge in [0.25, 0.3) is 0 Å². The van der Waals surface area contributed by atoms with E-state index in [1.165, 1.54) is 0 Å². The van der Waals surface area contributed by atoms with Gasteiger partial charge in [-0.3, -0.25) is 9.58 Å². The van der Waals surface area contributed by atoms with Crippen molar-refractivity contribution < 1.29 is 18.6 Å². The Labute approximate surface area is 205 Å². The van der Waals surface area contributed by atoms with Gasteiger partial charge in [-0.05, 0) is 50.7 Å². The van der Waals surface area contributed by atoms with Crippen molar-refractivity contribution in [3.05, 3.63) is 47.0 Å². The van der Waals surface area contributed by atoms with Crippen LogP contribution in [0.5, 0.6) is 17.4 Å². The molecule has 35 heavy (non-hydrogen) atoms. The Hall–Kier alpha value is -3.59. The summed E-state index contributed by atoms with van der Waals surface area (Å²) in [6.45, 7) is 11.2. The SMILES string of the molecule is CCN(CC)Cc1cc(OCc2nc(-c3ccc(OC)c(OC)c3)oc2C)nc2c1c(C)nn2C. The number of oxazole rings is 1. The molecule has 0 saturated carbocycles. The fourth-order valence-corrected chi connectivity index (χ4v) is 4.19. The summed E-state index contributed by atoms with van der Waals surface area (Å²) in [7, 11) is 5.11. The zero-order chi connectivity index (χ0) is 25.1. The molecule has 0 spiro atoms. The van der Waals surface area contributed by atoms with Gasteiger partial charge < -0.3 is 18.6 Å². The van der Waals surface area contributed by atoms with E-state index in [0.29, 0.717) is 34.7 Å². The highest BCUT2D eigenvalue weighted by atomic mass is 16.5. The van der Waals surface area contributed by atoms with Gasteiger partial charge in [0, 0.05) is 30.6 Å². The minimum atomic E-state index is 0.239. The lowest BCUT2D eigenvalue weighted by Gasteiger charge is -2.19. The molecule has 0 saturated heterocycles. The molecular formula is C26H33N5O4. The van der Waals surface area contributed by atoms with Crippen LogP contribution in [0.2, 0.25) is 0 Å². The Morgan fingerprint density at radius 1 is 1.00 bits per heavy atom. The predicted octanol–water partition coefficient (Wildman–Crippen LogP) is 4.68. The Balaban J connectivity index is 1.60. The van der Waals surface area contributed by atoms with Crippen LogP contribution in [-0.2, 0) is 20.2 Å². The third kappa shape index (κ3) is 4.95. The maximum atomic E-state index is 6.13. The largest absolute Gasteiger partial charge is 0.493 e. The normalized spacial score (nSPS) is 11.4. The highest BCUT2D eigenvalue weighted by Gasteiger charge is 2.18. The van der Waals surface area contributed by atoms with Crippen molar-refractivity contribution in [2.45, 2.75) is 40.8 Å². The first kappa shape index (κ1) is 24.5. The van der Waals surface area contributed by atoms with E-state index in [2.05, 4.69) is 28.8 Å². The van der Waals surface area contributed by atoms with Crippen molar-refractivity contribution in [3.63, 3.8) is 0 Å². The van der Waals surface area contributed by atoms with Gasteiger partial charge in [-0.25, -0.2) is 4.98 Å². The molecule has 9 nitrogen and oxygen atoms in total. The molecule has 0 unspecified atom stereocenters. The molecule has 0 aliphatic heterocycles. The quantitative estimate of drug-likeness (QED) is 0.324. The maximum absolute atomic E-state index is 6.13. The van der Waals surface area contributed by atoms with Crippen LogP contribution < -0.4 is 14.2 Å². The molecule has 0 fully saturated rings. The zero-order valence-electron chi connectivity index (χ0n) is 21.5. The summed E-state index contributed by atoms with van der Waals surface area (Å²) >= 11 is 0. The van der Waals surface area contributed by atoms with Crippen LogP contribution >= 0.6 is 0 Å². The number of benzene rings is 1. The summed E-state index contributed by atoms with van der Waals surface area (Å²) in [6.07, 6.45) is 0. The molecule has 9 heteroatoms. The van der Waals surface area contributed by atoms with Gasteiger partial charge in [0.2, 0.25) is 11.8 Å². The molecule has 1 aromatic carbocycles. The number of methoxy groups -OCH3 is 2. The monoisotopic (exact) mass is 479 g/mol. The van der Waals surface area contributed by atoms with Gasteiger partial charge >= 0.3 is 0 Å². The minimum absolute atomic E-state index is 0.239. The molecule has 0 radical (unpaired) electrons. The van der Waals surface area contributed by atoms with Crippen LogP contribution in [0.3, 0.4) is 0 Å². The third-order valence-electron chi connectivity index (χ3n) is 6.20. The Bertz CT molecular complexity index is 1320. The zero-order valence-corrected chi connectivity index (χ0v) is 21.5. The van der Waals surface area contributed by atoms with E-state index in [-0.39, 0.29) is 6.61 Å². The van der Waals surface area contributed by atoms with Crippen LogP contribution in [-0.4, -0.2) is 52.0 Å². The third-order valence-corrected chi connectivity index (χ3v) is 6.20.